The summed E-state index contributed by atoms with van der Waals surface area (Å²) in [5.74, 6) is -1.49. The number of carbonyl (C=O) groups is 2. The molecule has 0 aliphatic heterocycles. The van der Waals surface area contributed by atoms with Crippen LogP contribution in [0.2, 0.25) is 29.7 Å². The van der Waals surface area contributed by atoms with Gasteiger partial charge in [0, 0.05) is 21.5 Å². The van der Waals surface area contributed by atoms with E-state index in [1.165, 1.54) is 7.11 Å². The van der Waals surface area contributed by atoms with Crippen molar-refractivity contribution in [3.05, 3.63) is 63.3 Å². The number of benzene rings is 2. The SMILES string of the molecule is CCOC(=O)c1[nH]c2cc(Cl)cc(Cl)c2c1C(O[Si](C)(C)C)C(C(=O)OC)c1cccc(OC)c1. The third-order valence-electron chi connectivity index (χ3n) is 5.31. The molecule has 2 unspecified atom stereocenters. The van der Waals surface area contributed by atoms with Gasteiger partial charge in [-0.2, -0.15) is 0 Å². The largest absolute Gasteiger partial charge is 0.497 e. The molecule has 0 fully saturated rings. The highest BCUT2D eigenvalue weighted by Gasteiger charge is 2.41. The third-order valence-corrected chi connectivity index (χ3v) is 6.79. The van der Waals surface area contributed by atoms with Gasteiger partial charge in [0.1, 0.15) is 17.4 Å². The molecular weight excluding hydrogens is 509 g/mol. The molecule has 35 heavy (non-hydrogen) atoms. The summed E-state index contributed by atoms with van der Waals surface area (Å²) in [5, 5.41) is 1.23. The zero-order chi connectivity index (χ0) is 25.9. The molecule has 0 radical (unpaired) electrons. The normalized spacial score (nSPS) is 13.4. The fourth-order valence-electron chi connectivity index (χ4n) is 3.99. The van der Waals surface area contributed by atoms with E-state index in [1.54, 1.807) is 50.4 Å². The molecule has 0 bridgehead atoms. The molecule has 0 aliphatic carbocycles. The lowest BCUT2D eigenvalue weighted by Crippen LogP contribution is -2.34. The summed E-state index contributed by atoms with van der Waals surface area (Å²) in [6, 6.07) is 10.4. The number of halogens is 2. The van der Waals surface area contributed by atoms with Gasteiger partial charge in [-0.25, -0.2) is 4.79 Å². The molecule has 188 valence electrons. The van der Waals surface area contributed by atoms with Gasteiger partial charge in [-0.1, -0.05) is 35.3 Å². The first-order valence-corrected chi connectivity index (χ1v) is 15.2. The number of methoxy groups -OCH3 is 2. The molecule has 7 nitrogen and oxygen atoms in total. The van der Waals surface area contributed by atoms with Gasteiger partial charge in [0.2, 0.25) is 0 Å². The molecule has 2 atom stereocenters. The molecule has 1 aromatic heterocycles. The van der Waals surface area contributed by atoms with Gasteiger partial charge in [0.15, 0.2) is 8.32 Å². The summed E-state index contributed by atoms with van der Waals surface area (Å²) in [6.07, 6.45) is -0.923. The molecule has 0 saturated heterocycles. The molecule has 0 saturated carbocycles. The van der Waals surface area contributed by atoms with Crippen molar-refractivity contribution in [3.63, 3.8) is 0 Å². The molecule has 0 amide bonds. The number of carbonyl (C=O) groups excluding carboxylic acids is 2. The standard InChI is InChI=1S/C25H29Cl2NO6Si/c1-7-33-25(30)22-21(20-17(27)12-15(26)13-18(20)28-22)23(34-35(4,5)6)19(24(29)32-3)14-9-8-10-16(11-14)31-2/h8-13,19,23,28H,7H2,1-6H3. The van der Waals surface area contributed by atoms with Crippen LogP contribution in [0, 0.1) is 0 Å². The number of hydrogen-bond acceptors (Lipinski definition) is 6. The van der Waals surface area contributed by atoms with Gasteiger partial charge in [0.05, 0.1) is 32.0 Å². The van der Waals surface area contributed by atoms with Gasteiger partial charge < -0.3 is 23.6 Å². The molecule has 1 N–H and O–H groups in total. The van der Waals surface area contributed by atoms with Crippen LogP contribution in [0.4, 0.5) is 0 Å². The first kappa shape index (κ1) is 27.1. The minimum absolute atomic E-state index is 0.145. The van der Waals surface area contributed by atoms with E-state index >= 15 is 0 Å². The highest BCUT2D eigenvalue weighted by atomic mass is 35.5. The summed E-state index contributed by atoms with van der Waals surface area (Å²) in [6.45, 7) is 7.87. The summed E-state index contributed by atoms with van der Waals surface area (Å²) < 4.78 is 22.6. The monoisotopic (exact) mass is 537 g/mol. The van der Waals surface area contributed by atoms with E-state index < -0.39 is 32.3 Å². The second-order valence-electron chi connectivity index (χ2n) is 8.87. The summed E-state index contributed by atoms with van der Waals surface area (Å²) in [4.78, 5) is 29.5. The van der Waals surface area contributed by atoms with Crippen molar-refractivity contribution in [1.29, 1.82) is 0 Å². The predicted molar refractivity (Wildman–Crippen MR) is 139 cm³/mol. The van der Waals surface area contributed by atoms with Crippen LogP contribution in [-0.4, -0.2) is 46.1 Å². The minimum Gasteiger partial charge on any atom is -0.497 e. The van der Waals surface area contributed by atoms with Crippen molar-refractivity contribution in [2.24, 2.45) is 0 Å². The fraction of sp³-hybridized carbons (Fsp3) is 0.360. The fourth-order valence-corrected chi connectivity index (χ4v) is 5.60. The van der Waals surface area contributed by atoms with Crippen LogP contribution < -0.4 is 4.74 Å². The van der Waals surface area contributed by atoms with Crippen molar-refractivity contribution in [1.82, 2.24) is 4.98 Å². The Balaban J connectivity index is 2.40. The lowest BCUT2D eigenvalue weighted by atomic mass is 9.87. The Morgan fingerprint density at radius 3 is 2.40 bits per heavy atom. The number of fused-ring (bicyclic) bond motifs is 1. The molecule has 0 spiro atoms. The van der Waals surface area contributed by atoms with Gasteiger partial charge >= 0.3 is 11.9 Å². The number of hydrogen-bond donors (Lipinski definition) is 1. The van der Waals surface area contributed by atoms with E-state index in [0.717, 1.165) is 0 Å². The van der Waals surface area contributed by atoms with Gasteiger partial charge in [-0.3, -0.25) is 4.79 Å². The molecule has 0 aliphatic rings. The quantitative estimate of drug-likeness (QED) is 0.247. The average molecular weight is 539 g/mol. The Kier molecular flexibility index (Phi) is 8.53. The van der Waals surface area contributed by atoms with Crippen LogP contribution in [0.1, 0.15) is 40.6 Å². The van der Waals surface area contributed by atoms with Gasteiger partial charge in [-0.15, -0.1) is 0 Å². The Bertz CT molecular complexity index is 1240. The molecule has 3 aromatic rings. The Morgan fingerprint density at radius 2 is 1.80 bits per heavy atom. The lowest BCUT2D eigenvalue weighted by molar-refractivity contribution is -0.145. The maximum atomic E-state index is 13.3. The maximum absolute atomic E-state index is 13.3. The van der Waals surface area contributed by atoms with Gasteiger partial charge in [-0.05, 0) is 56.4 Å². The first-order valence-electron chi connectivity index (χ1n) is 11.1. The maximum Gasteiger partial charge on any atom is 0.355 e. The number of aromatic nitrogens is 1. The van der Waals surface area contributed by atoms with E-state index in [9.17, 15) is 9.59 Å². The van der Waals surface area contributed by atoms with Crippen LogP contribution in [0.3, 0.4) is 0 Å². The highest BCUT2D eigenvalue weighted by Crippen LogP contribution is 2.45. The average Bonchev–Trinajstić information content (AvgIpc) is 3.17. The Labute approximate surface area is 215 Å². The van der Waals surface area contributed by atoms with Crippen LogP contribution in [0.15, 0.2) is 36.4 Å². The highest BCUT2D eigenvalue weighted by molar-refractivity contribution is 6.69. The number of esters is 2. The number of aromatic amines is 1. The van der Waals surface area contributed by atoms with Crippen molar-refractivity contribution >= 4 is 54.4 Å². The van der Waals surface area contributed by atoms with E-state index in [-0.39, 0.29) is 12.3 Å². The topological polar surface area (TPSA) is 86.9 Å². The van der Waals surface area contributed by atoms with Crippen molar-refractivity contribution < 1.29 is 28.2 Å². The van der Waals surface area contributed by atoms with E-state index in [2.05, 4.69) is 4.98 Å². The van der Waals surface area contributed by atoms with Crippen molar-refractivity contribution in [2.45, 2.75) is 38.6 Å². The number of nitrogens with one attached hydrogen (secondary N) is 1. The minimum atomic E-state index is -2.32. The second-order valence-corrected chi connectivity index (χ2v) is 14.2. The van der Waals surface area contributed by atoms with Gasteiger partial charge in [0.25, 0.3) is 0 Å². The summed E-state index contributed by atoms with van der Waals surface area (Å²) >= 11 is 12.9. The first-order chi connectivity index (χ1) is 16.5. The van der Waals surface area contributed by atoms with Crippen LogP contribution in [0.5, 0.6) is 5.75 Å². The predicted octanol–water partition coefficient (Wildman–Crippen LogP) is 6.51. The zero-order valence-corrected chi connectivity index (χ0v) is 23.0. The van der Waals surface area contributed by atoms with Crippen LogP contribution in [0.25, 0.3) is 10.9 Å². The molecule has 1 heterocycles. The Morgan fingerprint density at radius 1 is 1.09 bits per heavy atom. The van der Waals surface area contributed by atoms with Crippen molar-refractivity contribution in [3.8, 4) is 5.75 Å². The number of H-pyrrole nitrogens is 1. The van der Waals surface area contributed by atoms with E-state index in [1.807, 2.05) is 19.6 Å². The summed E-state index contributed by atoms with van der Waals surface area (Å²) in [7, 11) is 0.542. The zero-order valence-electron chi connectivity index (χ0n) is 20.5. The summed E-state index contributed by atoms with van der Waals surface area (Å²) in [5.41, 5.74) is 1.69. The molecule has 3 rings (SSSR count). The lowest BCUT2D eigenvalue weighted by Gasteiger charge is -2.32. The molecule has 10 heteroatoms. The van der Waals surface area contributed by atoms with Crippen LogP contribution >= 0.6 is 23.2 Å². The second kappa shape index (κ2) is 11.0. The van der Waals surface area contributed by atoms with E-state index in [4.69, 9.17) is 41.8 Å². The smallest absolute Gasteiger partial charge is 0.355 e. The van der Waals surface area contributed by atoms with E-state index in [0.29, 0.717) is 37.8 Å². The van der Waals surface area contributed by atoms with Crippen LogP contribution in [-0.2, 0) is 18.7 Å². The number of ether oxygens (including phenoxy) is 3. The number of rotatable bonds is 9. The molecule has 2 aromatic carbocycles. The Hall–Kier alpha value is -2.52. The molecular formula is C25H29Cl2NO6Si. The van der Waals surface area contributed by atoms with Crippen molar-refractivity contribution in [2.75, 3.05) is 20.8 Å². The third kappa shape index (κ3) is 6.01.